The van der Waals surface area contributed by atoms with Crippen LogP contribution in [0.4, 0.5) is 0 Å². The van der Waals surface area contributed by atoms with E-state index in [1.165, 1.54) is 16.7 Å². The molecule has 0 aliphatic rings. The molecule has 0 fully saturated rings. The van der Waals surface area contributed by atoms with E-state index < -0.39 is 0 Å². The fourth-order valence-corrected chi connectivity index (χ4v) is 2.17. The molecule has 2 aromatic carbocycles. The molecular formula is C18H23NO. The summed E-state index contributed by atoms with van der Waals surface area (Å²) >= 11 is 0. The van der Waals surface area contributed by atoms with Gasteiger partial charge in [0, 0.05) is 6.54 Å². The number of aryl methyl sites for hydroxylation is 1. The highest BCUT2D eigenvalue weighted by Crippen LogP contribution is 2.17. The average molecular weight is 269 g/mol. The molecular weight excluding hydrogens is 246 g/mol. The second kappa shape index (κ2) is 7.11. The van der Waals surface area contributed by atoms with Crippen molar-refractivity contribution in [3.8, 4) is 5.75 Å². The first-order valence-electron chi connectivity index (χ1n) is 7.12. The molecule has 0 bridgehead atoms. The summed E-state index contributed by atoms with van der Waals surface area (Å²) in [5.74, 6) is 1.45. The smallest absolute Gasteiger partial charge is 0.119 e. The summed E-state index contributed by atoms with van der Waals surface area (Å²) in [4.78, 5) is 0. The predicted molar refractivity (Wildman–Crippen MR) is 84.3 cm³/mol. The van der Waals surface area contributed by atoms with Crippen molar-refractivity contribution in [1.29, 1.82) is 0 Å². The maximum Gasteiger partial charge on any atom is 0.119 e. The summed E-state index contributed by atoms with van der Waals surface area (Å²) in [7, 11) is 1.99. The van der Waals surface area contributed by atoms with Crippen molar-refractivity contribution in [3.63, 3.8) is 0 Å². The number of rotatable bonds is 6. The van der Waals surface area contributed by atoms with Crippen molar-refractivity contribution in [2.75, 3.05) is 13.6 Å². The monoisotopic (exact) mass is 269 g/mol. The highest BCUT2D eigenvalue weighted by atomic mass is 16.5. The van der Waals surface area contributed by atoms with Crippen LogP contribution < -0.4 is 10.1 Å². The molecule has 106 valence electrons. The van der Waals surface area contributed by atoms with Crippen molar-refractivity contribution < 1.29 is 4.74 Å². The molecule has 0 spiro atoms. The van der Waals surface area contributed by atoms with E-state index in [9.17, 15) is 0 Å². The van der Waals surface area contributed by atoms with E-state index in [0.29, 0.717) is 12.5 Å². The van der Waals surface area contributed by atoms with Crippen molar-refractivity contribution in [3.05, 3.63) is 65.2 Å². The molecule has 1 unspecified atom stereocenters. The average Bonchev–Trinajstić information content (AvgIpc) is 2.47. The maximum absolute atomic E-state index is 5.78. The summed E-state index contributed by atoms with van der Waals surface area (Å²) in [5, 5.41) is 3.21. The minimum absolute atomic E-state index is 0.534. The lowest BCUT2D eigenvalue weighted by molar-refractivity contribution is 0.306. The van der Waals surface area contributed by atoms with Crippen LogP contribution in [0.25, 0.3) is 0 Å². The molecule has 2 heteroatoms. The Morgan fingerprint density at radius 3 is 2.25 bits per heavy atom. The third-order valence-electron chi connectivity index (χ3n) is 3.49. The molecule has 0 amide bonds. The minimum atomic E-state index is 0.534. The highest BCUT2D eigenvalue weighted by Gasteiger charge is 2.04. The number of benzene rings is 2. The molecule has 0 heterocycles. The van der Waals surface area contributed by atoms with Gasteiger partial charge in [0.15, 0.2) is 0 Å². The van der Waals surface area contributed by atoms with Gasteiger partial charge in [-0.05, 0) is 43.1 Å². The van der Waals surface area contributed by atoms with E-state index in [-0.39, 0.29) is 0 Å². The van der Waals surface area contributed by atoms with Gasteiger partial charge in [-0.2, -0.15) is 0 Å². The van der Waals surface area contributed by atoms with E-state index in [2.05, 4.69) is 55.6 Å². The van der Waals surface area contributed by atoms with Gasteiger partial charge in [-0.15, -0.1) is 0 Å². The molecule has 0 saturated heterocycles. The Morgan fingerprint density at radius 1 is 1.00 bits per heavy atom. The lowest BCUT2D eigenvalue weighted by atomic mass is 10.00. The normalized spacial score (nSPS) is 12.2. The van der Waals surface area contributed by atoms with Crippen LogP contribution in [0, 0.1) is 6.92 Å². The molecule has 0 saturated carbocycles. The van der Waals surface area contributed by atoms with Gasteiger partial charge in [0.05, 0.1) is 0 Å². The fraction of sp³-hybridized carbons (Fsp3) is 0.333. The second-order valence-electron chi connectivity index (χ2n) is 5.30. The third-order valence-corrected chi connectivity index (χ3v) is 3.49. The van der Waals surface area contributed by atoms with Crippen LogP contribution in [0.2, 0.25) is 0 Å². The van der Waals surface area contributed by atoms with Gasteiger partial charge in [-0.1, -0.05) is 48.9 Å². The van der Waals surface area contributed by atoms with Crippen LogP contribution in [-0.2, 0) is 6.61 Å². The van der Waals surface area contributed by atoms with E-state index in [0.717, 1.165) is 12.3 Å². The molecule has 2 aromatic rings. The number of nitrogens with one attached hydrogen (secondary N) is 1. The Kier molecular flexibility index (Phi) is 5.19. The summed E-state index contributed by atoms with van der Waals surface area (Å²) in [6.45, 7) is 5.92. The Morgan fingerprint density at radius 2 is 1.65 bits per heavy atom. The minimum Gasteiger partial charge on any atom is -0.489 e. The van der Waals surface area contributed by atoms with E-state index in [1.807, 2.05) is 19.2 Å². The summed E-state index contributed by atoms with van der Waals surface area (Å²) in [6.07, 6.45) is 0. The number of hydrogen-bond acceptors (Lipinski definition) is 2. The number of likely N-dealkylation sites (N-methyl/N-ethyl adjacent to an activating group) is 1. The topological polar surface area (TPSA) is 21.3 Å². The predicted octanol–water partition coefficient (Wildman–Crippen LogP) is 3.90. The second-order valence-corrected chi connectivity index (χ2v) is 5.30. The number of ether oxygens (including phenoxy) is 1. The summed E-state index contributed by atoms with van der Waals surface area (Å²) in [5.41, 5.74) is 3.81. The molecule has 1 N–H and O–H groups in total. The number of hydrogen-bond donors (Lipinski definition) is 1. The zero-order valence-corrected chi connectivity index (χ0v) is 12.5. The maximum atomic E-state index is 5.78. The van der Waals surface area contributed by atoms with Crippen LogP contribution in [0.1, 0.15) is 29.5 Å². The Bertz CT molecular complexity index is 516. The van der Waals surface area contributed by atoms with Crippen LogP contribution >= 0.6 is 0 Å². The lowest BCUT2D eigenvalue weighted by Crippen LogP contribution is -2.14. The third kappa shape index (κ3) is 4.10. The zero-order valence-electron chi connectivity index (χ0n) is 12.5. The van der Waals surface area contributed by atoms with Gasteiger partial charge in [0.25, 0.3) is 0 Å². The van der Waals surface area contributed by atoms with Gasteiger partial charge in [0.1, 0.15) is 12.4 Å². The summed E-state index contributed by atoms with van der Waals surface area (Å²) in [6, 6.07) is 16.8. The van der Waals surface area contributed by atoms with Crippen LogP contribution in [0.3, 0.4) is 0 Å². The van der Waals surface area contributed by atoms with Crippen LogP contribution in [0.15, 0.2) is 48.5 Å². The van der Waals surface area contributed by atoms with E-state index in [4.69, 9.17) is 4.74 Å². The Hall–Kier alpha value is -1.80. The van der Waals surface area contributed by atoms with Crippen molar-refractivity contribution in [1.82, 2.24) is 5.32 Å². The van der Waals surface area contributed by atoms with Crippen LogP contribution in [-0.4, -0.2) is 13.6 Å². The molecule has 2 nitrogen and oxygen atoms in total. The molecule has 2 rings (SSSR count). The first-order valence-corrected chi connectivity index (χ1v) is 7.12. The van der Waals surface area contributed by atoms with Gasteiger partial charge >= 0.3 is 0 Å². The van der Waals surface area contributed by atoms with Gasteiger partial charge < -0.3 is 10.1 Å². The SMILES string of the molecule is CNCC(C)c1ccc(COc2ccc(C)cc2)cc1. The Labute approximate surface area is 121 Å². The van der Waals surface area contributed by atoms with Gasteiger partial charge in [-0.3, -0.25) is 0 Å². The molecule has 0 aliphatic carbocycles. The van der Waals surface area contributed by atoms with Crippen molar-refractivity contribution in [2.24, 2.45) is 0 Å². The lowest BCUT2D eigenvalue weighted by Gasteiger charge is -2.12. The van der Waals surface area contributed by atoms with Gasteiger partial charge in [-0.25, -0.2) is 0 Å². The molecule has 20 heavy (non-hydrogen) atoms. The zero-order chi connectivity index (χ0) is 14.4. The first-order chi connectivity index (χ1) is 9.69. The van der Waals surface area contributed by atoms with E-state index >= 15 is 0 Å². The van der Waals surface area contributed by atoms with Crippen LogP contribution in [0.5, 0.6) is 5.75 Å². The molecule has 0 aromatic heterocycles. The molecule has 0 aliphatic heterocycles. The standard InChI is InChI=1S/C18H23NO/c1-14-4-10-18(11-5-14)20-13-16-6-8-17(9-7-16)15(2)12-19-3/h4-11,15,19H,12-13H2,1-3H3. The van der Waals surface area contributed by atoms with Crippen molar-refractivity contribution >= 4 is 0 Å². The fourth-order valence-electron chi connectivity index (χ4n) is 2.17. The van der Waals surface area contributed by atoms with Crippen molar-refractivity contribution in [2.45, 2.75) is 26.4 Å². The Balaban J connectivity index is 1.92. The largest absolute Gasteiger partial charge is 0.489 e. The molecule has 1 atom stereocenters. The quantitative estimate of drug-likeness (QED) is 0.859. The van der Waals surface area contributed by atoms with Gasteiger partial charge in [0.2, 0.25) is 0 Å². The molecule has 0 radical (unpaired) electrons. The highest BCUT2D eigenvalue weighted by molar-refractivity contribution is 5.28. The summed E-state index contributed by atoms with van der Waals surface area (Å²) < 4.78 is 5.78. The van der Waals surface area contributed by atoms with E-state index in [1.54, 1.807) is 0 Å². The first kappa shape index (κ1) is 14.6.